The maximum atomic E-state index is 14.0. The molecule has 11 nitrogen and oxygen atoms in total. The lowest BCUT2D eigenvalue weighted by molar-refractivity contribution is -0.156. The van der Waals surface area contributed by atoms with Crippen LogP contribution in [0, 0.1) is 11.8 Å². The Hall–Kier alpha value is -4.47. The molecule has 0 unspecified atom stereocenters. The van der Waals surface area contributed by atoms with Crippen molar-refractivity contribution >= 4 is 34.3 Å². The first-order valence-corrected chi connectivity index (χ1v) is 15.6. The molecule has 0 aliphatic rings. The van der Waals surface area contributed by atoms with E-state index >= 15 is 0 Å². The Morgan fingerprint density at radius 2 is 1.63 bits per heavy atom. The van der Waals surface area contributed by atoms with Gasteiger partial charge >= 0.3 is 5.97 Å². The summed E-state index contributed by atoms with van der Waals surface area (Å²) in [6.45, 7) is 9.01. The number of nitrogens with one attached hydrogen (secondary N) is 2. The number of carbonyl (C=O) groups excluding carboxylic acids is 4. The molecule has 1 aromatic heterocycles. The smallest absolute Gasteiger partial charge is 0.308 e. The van der Waals surface area contributed by atoms with Crippen LogP contribution in [0.25, 0.3) is 21.3 Å². The predicted molar refractivity (Wildman–Crippen MR) is 178 cm³/mol. The number of hydrogen-bond donors (Lipinski definition) is 3. The average Bonchev–Trinajstić information content (AvgIpc) is 3.39. The largest absolute Gasteiger partial charge is 0.460 e. The summed E-state index contributed by atoms with van der Waals surface area (Å²) in [7, 11) is 0. The van der Waals surface area contributed by atoms with Crippen LogP contribution in [0.2, 0.25) is 0 Å². The van der Waals surface area contributed by atoms with Crippen LogP contribution in [0.15, 0.2) is 65.8 Å². The highest BCUT2D eigenvalue weighted by Crippen LogP contribution is 2.27. The Morgan fingerprint density at radius 3 is 2.28 bits per heavy atom. The van der Waals surface area contributed by atoms with E-state index < -0.39 is 46.7 Å². The number of Topliss-reactive ketones (excluding diaryl/α,β-unsaturated/α-hetero) is 2. The number of hydrogen-bond acceptors (Lipinski definition) is 7. The van der Waals surface area contributed by atoms with Crippen molar-refractivity contribution < 1.29 is 23.9 Å². The standard InChI is InChI=1S/C35H46N6O5/c1-34(2,3)46-32(44)22-28(36)31(43)21-25(20-26-19-24-14-9-10-15-29(24)39-26)33(45)40-35(4,5)27(18-23-12-7-6-8-13-23)30(42)16-11-17-38-41-37/h6-10,12-15,19,25,27-28,39H,11,16-18,20-22,36H2,1-5H3,(H,40,45)/t25-,27+,28+/m1/s1. The van der Waals surface area contributed by atoms with Crippen molar-refractivity contribution in [1.82, 2.24) is 10.3 Å². The number of rotatable bonds is 17. The van der Waals surface area contributed by atoms with Crippen LogP contribution in [0.1, 0.15) is 71.6 Å². The zero-order valence-electron chi connectivity index (χ0n) is 27.4. The lowest BCUT2D eigenvalue weighted by Gasteiger charge is -2.36. The first-order valence-electron chi connectivity index (χ1n) is 15.6. The maximum Gasteiger partial charge on any atom is 0.308 e. The van der Waals surface area contributed by atoms with Gasteiger partial charge in [0.2, 0.25) is 5.91 Å². The number of aromatic amines is 1. The molecule has 3 atom stereocenters. The number of para-hydroxylation sites is 1. The Labute approximate surface area is 270 Å². The fraction of sp³-hybridized carbons (Fsp3) is 0.486. The number of esters is 1. The summed E-state index contributed by atoms with van der Waals surface area (Å²) in [5.41, 5.74) is 15.7. The molecule has 0 aliphatic carbocycles. The molecule has 2 aromatic carbocycles. The molecule has 46 heavy (non-hydrogen) atoms. The van der Waals surface area contributed by atoms with Crippen LogP contribution in [0.3, 0.4) is 0 Å². The second kappa shape index (κ2) is 16.2. The summed E-state index contributed by atoms with van der Waals surface area (Å²) >= 11 is 0. The number of amides is 1. The van der Waals surface area contributed by atoms with Crippen molar-refractivity contribution in [2.75, 3.05) is 6.54 Å². The van der Waals surface area contributed by atoms with Gasteiger partial charge in [0.05, 0.1) is 18.4 Å². The number of nitrogens with two attached hydrogens (primary N) is 1. The van der Waals surface area contributed by atoms with Gasteiger partial charge in [-0.3, -0.25) is 19.2 Å². The van der Waals surface area contributed by atoms with E-state index in [2.05, 4.69) is 20.3 Å². The van der Waals surface area contributed by atoms with E-state index in [9.17, 15) is 19.2 Å². The number of ketones is 2. The fourth-order valence-corrected chi connectivity index (χ4v) is 5.51. The van der Waals surface area contributed by atoms with Gasteiger partial charge in [-0.2, -0.15) is 0 Å². The molecule has 0 spiro atoms. The van der Waals surface area contributed by atoms with Crippen molar-refractivity contribution in [3.63, 3.8) is 0 Å². The van der Waals surface area contributed by atoms with Crippen molar-refractivity contribution in [3.8, 4) is 0 Å². The number of H-pyrrole nitrogens is 1. The van der Waals surface area contributed by atoms with E-state index in [1.165, 1.54) is 0 Å². The van der Waals surface area contributed by atoms with Gasteiger partial charge in [-0.25, -0.2) is 0 Å². The minimum atomic E-state index is -1.13. The third kappa shape index (κ3) is 11.2. The molecule has 11 heteroatoms. The van der Waals surface area contributed by atoms with E-state index in [4.69, 9.17) is 16.0 Å². The van der Waals surface area contributed by atoms with Crippen LogP contribution in [-0.4, -0.2) is 52.2 Å². The highest BCUT2D eigenvalue weighted by Gasteiger charge is 2.38. The van der Waals surface area contributed by atoms with Crippen LogP contribution in [0.5, 0.6) is 0 Å². The van der Waals surface area contributed by atoms with Crippen LogP contribution < -0.4 is 11.1 Å². The first-order chi connectivity index (χ1) is 21.7. The van der Waals surface area contributed by atoms with Gasteiger partial charge in [0.1, 0.15) is 11.4 Å². The van der Waals surface area contributed by atoms with Crippen molar-refractivity contribution in [2.24, 2.45) is 22.7 Å². The van der Waals surface area contributed by atoms with Crippen LogP contribution in [0.4, 0.5) is 0 Å². The third-order valence-corrected chi connectivity index (χ3v) is 7.82. The van der Waals surface area contributed by atoms with Crippen molar-refractivity contribution in [3.05, 3.63) is 82.4 Å². The van der Waals surface area contributed by atoms with E-state index in [0.717, 1.165) is 22.2 Å². The fourth-order valence-electron chi connectivity index (χ4n) is 5.51. The van der Waals surface area contributed by atoms with Gasteiger partial charge in [0.25, 0.3) is 0 Å². The molecular weight excluding hydrogens is 584 g/mol. The normalized spacial score (nSPS) is 13.7. The highest BCUT2D eigenvalue weighted by atomic mass is 16.6. The Kier molecular flexibility index (Phi) is 12.7. The van der Waals surface area contributed by atoms with E-state index in [1.54, 1.807) is 34.6 Å². The van der Waals surface area contributed by atoms with Gasteiger partial charge in [0.15, 0.2) is 5.78 Å². The molecule has 0 radical (unpaired) electrons. The second-order valence-electron chi connectivity index (χ2n) is 13.3. The van der Waals surface area contributed by atoms with Crippen LogP contribution >= 0.6 is 0 Å². The SMILES string of the molecule is CC(C)(C)OC(=O)C[C@H](N)C(=O)C[C@@H](Cc1cc2ccccc2[nH]1)C(=O)NC(C)(C)[C@@H](Cc1ccccc1)C(=O)CCCN=[N+]=[N-]. The number of ether oxygens (including phenoxy) is 1. The lowest BCUT2D eigenvalue weighted by atomic mass is 9.78. The Morgan fingerprint density at radius 1 is 0.957 bits per heavy atom. The lowest BCUT2D eigenvalue weighted by Crippen LogP contribution is -2.54. The van der Waals surface area contributed by atoms with E-state index in [1.807, 2.05) is 60.7 Å². The molecule has 0 aliphatic heterocycles. The molecule has 246 valence electrons. The summed E-state index contributed by atoms with van der Waals surface area (Å²) < 4.78 is 5.33. The average molecular weight is 631 g/mol. The molecular formula is C35H46N6O5. The Balaban J connectivity index is 1.85. The minimum absolute atomic E-state index is 0.0649. The molecule has 0 fully saturated rings. The molecule has 0 bridgehead atoms. The number of carbonyl (C=O) groups is 4. The molecule has 3 rings (SSSR count). The van der Waals surface area contributed by atoms with Gasteiger partial charge in [-0.15, -0.1) is 0 Å². The molecule has 0 saturated heterocycles. The summed E-state index contributed by atoms with van der Waals surface area (Å²) in [4.78, 5) is 59.4. The topological polar surface area (TPSA) is 180 Å². The summed E-state index contributed by atoms with van der Waals surface area (Å²) in [6, 6.07) is 18.1. The quantitative estimate of drug-likeness (QED) is 0.0561. The van der Waals surface area contributed by atoms with Crippen molar-refractivity contribution in [2.45, 2.75) is 90.3 Å². The number of fused-ring (bicyclic) bond motifs is 1. The van der Waals surface area contributed by atoms with Gasteiger partial charge < -0.3 is 20.8 Å². The predicted octanol–water partition coefficient (Wildman–Crippen LogP) is 5.76. The number of azide groups is 1. The van der Waals surface area contributed by atoms with Gasteiger partial charge in [-0.05, 0) is 82.5 Å². The second-order valence-corrected chi connectivity index (χ2v) is 13.3. The molecule has 1 heterocycles. The highest BCUT2D eigenvalue weighted by molar-refractivity contribution is 5.93. The maximum absolute atomic E-state index is 14.0. The molecule has 0 saturated carbocycles. The zero-order chi connectivity index (χ0) is 33.9. The number of nitrogens with zero attached hydrogens (tertiary/aromatic N) is 3. The van der Waals surface area contributed by atoms with E-state index in [-0.39, 0.29) is 38.0 Å². The monoisotopic (exact) mass is 630 g/mol. The molecule has 1 amide bonds. The van der Waals surface area contributed by atoms with E-state index in [0.29, 0.717) is 12.8 Å². The first kappa shape index (κ1) is 36.0. The molecule has 3 aromatic rings. The van der Waals surface area contributed by atoms with Crippen LogP contribution in [-0.2, 0) is 36.8 Å². The molecule has 4 N–H and O–H groups in total. The summed E-state index contributed by atoms with van der Waals surface area (Å²) in [5.74, 6) is -2.92. The van der Waals surface area contributed by atoms with Crippen molar-refractivity contribution in [1.29, 1.82) is 0 Å². The number of benzene rings is 2. The third-order valence-electron chi connectivity index (χ3n) is 7.82. The summed E-state index contributed by atoms with van der Waals surface area (Å²) in [5, 5.41) is 7.60. The number of aromatic nitrogens is 1. The minimum Gasteiger partial charge on any atom is -0.460 e. The zero-order valence-corrected chi connectivity index (χ0v) is 27.4. The van der Waals surface area contributed by atoms with Gasteiger partial charge in [-0.1, -0.05) is 53.6 Å². The summed E-state index contributed by atoms with van der Waals surface area (Å²) in [6.07, 6.45) is 0.680. The van der Waals surface area contributed by atoms with Gasteiger partial charge in [0, 0.05) is 47.0 Å². The Bertz CT molecular complexity index is 1520.